The van der Waals surface area contributed by atoms with Crippen molar-refractivity contribution in [2.24, 2.45) is 7.05 Å². The van der Waals surface area contributed by atoms with Crippen LogP contribution in [0.25, 0.3) is 10.9 Å². The van der Waals surface area contributed by atoms with Crippen molar-refractivity contribution in [2.45, 2.75) is 31.9 Å². The van der Waals surface area contributed by atoms with E-state index in [4.69, 9.17) is 0 Å². The number of fused-ring (bicyclic) bond motifs is 1. The molecule has 0 saturated heterocycles. The molecule has 1 amide bonds. The first-order chi connectivity index (χ1) is 13.3. The molecule has 148 valence electrons. The zero-order valence-corrected chi connectivity index (χ0v) is 15.9. The lowest BCUT2D eigenvalue weighted by molar-refractivity contribution is -0.137. The first kappa shape index (κ1) is 20.0. The normalized spacial score (nSPS) is 12.9. The van der Waals surface area contributed by atoms with Gasteiger partial charge < -0.3 is 9.88 Å². The molecule has 1 atom stereocenters. The molecule has 0 radical (unpaired) electrons. The first-order valence-corrected chi connectivity index (χ1v) is 9.29. The number of amides is 1. The minimum absolute atomic E-state index is 0.0926. The van der Waals surface area contributed by atoms with Gasteiger partial charge in [-0.1, -0.05) is 43.3 Å². The Morgan fingerprint density at radius 3 is 2.61 bits per heavy atom. The Kier molecular flexibility index (Phi) is 5.77. The van der Waals surface area contributed by atoms with Crippen molar-refractivity contribution in [3.63, 3.8) is 0 Å². The Labute approximate surface area is 162 Å². The van der Waals surface area contributed by atoms with Crippen LogP contribution < -0.4 is 5.32 Å². The van der Waals surface area contributed by atoms with Crippen molar-refractivity contribution in [3.8, 4) is 0 Å². The third kappa shape index (κ3) is 4.21. The van der Waals surface area contributed by atoms with Gasteiger partial charge in [-0.3, -0.25) is 4.79 Å². The van der Waals surface area contributed by atoms with Crippen molar-refractivity contribution in [2.75, 3.05) is 6.54 Å². The number of hydrogen-bond donors (Lipinski definition) is 1. The molecule has 1 aromatic heterocycles. The van der Waals surface area contributed by atoms with E-state index in [0.717, 1.165) is 35.0 Å². The van der Waals surface area contributed by atoms with Crippen molar-refractivity contribution in [1.29, 1.82) is 0 Å². The standard InChI is InChI=1S/C22H23F3N2O/c1-3-11-26-21(28)13-18(15-7-6-8-16(12-15)22(23,24)25)19-14-27(2)20-10-5-4-9-17(19)20/h4-10,12,14,18H,3,11,13H2,1-2H3,(H,26,28)/t18-/m0/s1. The second-order valence-electron chi connectivity index (χ2n) is 6.94. The summed E-state index contributed by atoms with van der Waals surface area (Å²) in [5.74, 6) is -0.637. The number of nitrogens with one attached hydrogen (secondary N) is 1. The minimum atomic E-state index is -4.43. The maximum atomic E-state index is 13.2. The number of carbonyl (C=O) groups is 1. The predicted octanol–water partition coefficient (Wildman–Crippen LogP) is 5.25. The van der Waals surface area contributed by atoms with E-state index in [9.17, 15) is 18.0 Å². The van der Waals surface area contributed by atoms with E-state index in [0.29, 0.717) is 12.1 Å². The highest BCUT2D eigenvalue weighted by molar-refractivity contribution is 5.86. The molecule has 0 unspecified atom stereocenters. The van der Waals surface area contributed by atoms with Gasteiger partial charge >= 0.3 is 6.18 Å². The lowest BCUT2D eigenvalue weighted by Crippen LogP contribution is -2.26. The van der Waals surface area contributed by atoms with E-state index in [1.54, 1.807) is 6.07 Å². The molecule has 0 aliphatic carbocycles. The molecule has 0 fully saturated rings. The molecule has 3 rings (SSSR count). The van der Waals surface area contributed by atoms with Crippen LogP contribution in [0.5, 0.6) is 0 Å². The van der Waals surface area contributed by atoms with E-state index in [1.165, 1.54) is 6.07 Å². The van der Waals surface area contributed by atoms with Crippen LogP contribution in [0.1, 0.15) is 42.4 Å². The van der Waals surface area contributed by atoms with Gasteiger partial charge in [0, 0.05) is 43.0 Å². The van der Waals surface area contributed by atoms with E-state index in [2.05, 4.69) is 5.32 Å². The van der Waals surface area contributed by atoms with Crippen LogP contribution in [-0.4, -0.2) is 17.0 Å². The third-order valence-electron chi connectivity index (χ3n) is 4.88. The van der Waals surface area contributed by atoms with Crippen molar-refractivity contribution < 1.29 is 18.0 Å². The van der Waals surface area contributed by atoms with Crippen LogP contribution in [0.3, 0.4) is 0 Å². The SMILES string of the molecule is CCCNC(=O)C[C@@H](c1cccc(C(F)(F)F)c1)c1cn(C)c2ccccc12. The highest BCUT2D eigenvalue weighted by Crippen LogP contribution is 2.37. The fourth-order valence-corrected chi connectivity index (χ4v) is 3.51. The predicted molar refractivity (Wildman–Crippen MR) is 104 cm³/mol. The Hall–Kier alpha value is -2.76. The third-order valence-corrected chi connectivity index (χ3v) is 4.88. The molecule has 3 nitrogen and oxygen atoms in total. The summed E-state index contributed by atoms with van der Waals surface area (Å²) in [6, 6.07) is 13.0. The number of nitrogens with zero attached hydrogens (tertiary/aromatic N) is 1. The Bertz CT molecular complexity index is 975. The summed E-state index contributed by atoms with van der Waals surface area (Å²) < 4.78 is 41.6. The second-order valence-corrected chi connectivity index (χ2v) is 6.94. The van der Waals surface area contributed by atoms with Gasteiger partial charge in [-0.25, -0.2) is 0 Å². The Morgan fingerprint density at radius 2 is 1.89 bits per heavy atom. The van der Waals surface area contributed by atoms with Crippen molar-refractivity contribution in [3.05, 3.63) is 71.4 Å². The summed E-state index contributed by atoms with van der Waals surface area (Å²) in [4.78, 5) is 12.4. The zero-order chi connectivity index (χ0) is 20.3. The zero-order valence-electron chi connectivity index (χ0n) is 15.9. The monoisotopic (exact) mass is 388 g/mol. The fourth-order valence-electron chi connectivity index (χ4n) is 3.51. The van der Waals surface area contributed by atoms with Gasteiger partial charge in [-0.15, -0.1) is 0 Å². The van der Waals surface area contributed by atoms with Gasteiger partial charge in [0.15, 0.2) is 0 Å². The number of alkyl halides is 3. The van der Waals surface area contributed by atoms with Gasteiger partial charge in [-0.05, 0) is 29.7 Å². The van der Waals surface area contributed by atoms with Gasteiger partial charge in [0.25, 0.3) is 0 Å². The lowest BCUT2D eigenvalue weighted by atomic mass is 9.87. The van der Waals surface area contributed by atoms with Crippen molar-refractivity contribution in [1.82, 2.24) is 9.88 Å². The molecule has 28 heavy (non-hydrogen) atoms. The smallest absolute Gasteiger partial charge is 0.356 e. The molecule has 2 aromatic carbocycles. The molecule has 0 bridgehead atoms. The maximum absolute atomic E-state index is 13.2. The largest absolute Gasteiger partial charge is 0.416 e. The minimum Gasteiger partial charge on any atom is -0.356 e. The molecule has 0 saturated carbocycles. The molecule has 1 N–H and O–H groups in total. The summed E-state index contributed by atoms with van der Waals surface area (Å²) in [5.41, 5.74) is 1.61. The summed E-state index contributed by atoms with van der Waals surface area (Å²) in [6.07, 6.45) is -1.63. The number of aromatic nitrogens is 1. The summed E-state index contributed by atoms with van der Waals surface area (Å²) in [6.45, 7) is 2.50. The second kappa shape index (κ2) is 8.09. The highest BCUT2D eigenvalue weighted by Gasteiger charge is 2.32. The number of hydrogen-bond acceptors (Lipinski definition) is 1. The summed E-state index contributed by atoms with van der Waals surface area (Å²) in [7, 11) is 1.90. The molecule has 0 aliphatic heterocycles. The maximum Gasteiger partial charge on any atom is 0.416 e. The summed E-state index contributed by atoms with van der Waals surface area (Å²) in [5, 5.41) is 3.77. The van der Waals surface area contributed by atoms with E-state index < -0.39 is 17.7 Å². The molecule has 3 aromatic rings. The number of rotatable bonds is 6. The first-order valence-electron chi connectivity index (χ1n) is 9.29. The van der Waals surface area contributed by atoms with Crippen LogP contribution in [0.2, 0.25) is 0 Å². The van der Waals surface area contributed by atoms with Crippen molar-refractivity contribution >= 4 is 16.8 Å². The van der Waals surface area contributed by atoms with Crippen LogP contribution in [0, 0.1) is 0 Å². The Morgan fingerprint density at radius 1 is 1.14 bits per heavy atom. The van der Waals surface area contributed by atoms with Gasteiger partial charge in [0.1, 0.15) is 0 Å². The topological polar surface area (TPSA) is 34.0 Å². The highest BCUT2D eigenvalue weighted by atomic mass is 19.4. The van der Waals surface area contributed by atoms with E-state index in [-0.39, 0.29) is 12.3 Å². The Balaban J connectivity index is 2.09. The average Bonchev–Trinajstić information content (AvgIpc) is 3.01. The van der Waals surface area contributed by atoms with E-state index >= 15 is 0 Å². The molecule has 6 heteroatoms. The van der Waals surface area contributed by atoms with Crippen LogP contribution in [-0.2, 0) is 18.0 Å². The fraction of sp³-hybridized carbons (Fsp3) is 0.318. The van der Waals surface area contributed by atoms with Gasteiger partial charge in [0.05, 0.1) is 5.56 Å². The number of halogens is 3. The molecule has 1 heterocycles. The molecule has 0 aliphatic rings. The number of carbonyl (C=O) groups excluding carboxylic acids is 1. The number of para-hydroxylation sites is 1. The molecule has 0 spiro atoms. The van der Waals surface area contributed by atoms with Gasteiger partial charge in [-0.2, -0.15) is 13.2 Å². The molecular formula is C22H23F3N2O. The summed E-state index contributed by atoms with van der Waals surface area (Å²) >= 11 is 0. The van der Waals surface area contributed by atoms with Gasteiger partial charge in [0.2, 0.25) is 5.91 Å². The number of aryl methyl sites for hydroxylation is 1. The lowest BCUT2D eigenvalue weighted by Gasteiger charge is -2.19. The van der Waals surface area contributed by atoms with Crippen LogP contribution in [0.4, 0.5) is 13.2 Å². The molecular weight excluding hydrogens is 365 g/mol. The average molecular weight is 388 g/mol. The van der Waals surface area contributed by atoms with E-state index in [1.807, 2.05) is 49.0 Å². The van der Waals surface area contributed by atoms with Crippen LogP contribution in [0.15, 0.2) is 54.7 Å². The van der Waals surface area contributed by atoms with Crippen LogP contribution >= 0.6 is 0 Å². The number of benzene rings is 2. The quantitative estimate of drug-likeness (QED) is 0.615.